The summed E-state index contributed by atoms with van der Waals surface area (Å²) in [7, 11) is 0. The van der Waals surface area contributed by atoms with Crippen molar-refractivity contribution in [3.63, 3.8) is 0 Å². The minimum absolute atomic E-state index is 0.153. The summed E-state index contributed by atoms with van der Waals surface area (Å²) in [6.07, 6.45) is 5.42. The van der Waals surface area contributed by atoms with Crippen molar-refractivity contribution < 1.29 is 5.11 Å². The van der Waals surface area contributed by atoms with Gasteiger partial charge in [0.05, 0.1) is 12.6 Å². The SMILES string of the molecule is CCN1CCC(Cc2nc3n(n2)C(CO)CCC3)C1. The third-order valence-corrected chi connectivity index (χ3v) is 4.53. The van der Waals surface area contributed by atoms with Crippen LogP contribution in [-0.2, 0) is 12.8 Å². The molecule has 1 fully saturated rings. The number of fused-ring (bicyclic) bond motifs is 1. The quantitative estimate of drug-likeness (QED) is 0.882. The fourth-order valence-corrected chi connectivity index (χ4v) is 3.37. The van der Waals surface area contributed by atoms with Crippen LogP contribution in [0, 0.1) is 5.92 Å². The summed E-state index contributed by atoms with van der Waals surface area (Å²) in [6, 6.07) is 0.153. The second-order valence-electron chi connectivity index (χ2n) is 5.87. The highest BCUT2D eigenvalue weighted by molar-refractivity contribution is 5.00. The first kappa shape index (κ1) is 13.1. The Kier molecular flexibility index (Phi) is 3.84. The van der Waals surface area contributed by atoms with Gasteiger partial charge < -0.3 is 10.0 Å². The molecule has 0 radical (unpaired) electrons. The van der Waals surface area contributed by atoms with Crippen molar-refractivity contribution in [2.24, 2.45) is 5.92 Å². The van der Waals surface area contributed by atoms with Crippen LogP contribution in [-0.4, -0.2) is 51.0 Å². The maximum Gasteiger partial charge on any atom is 0.151 e. The van der Waals surface area contributed by atoms with E-state index in [0.29, 0.717) is 5.92 Å². The maximum absolute atomic E-state index is 9.40. The van der Waals surface area contributed by atoms with E-state index in [9.17, 15) is 5.11 Å². The molecule has 5 heteroatoms. The first-order valence-corrected chi connectivity index (χ1v) is 7.57. The molecular weight excluding hydrogens is 240 g/mol. The topological polar surface area (TPSA) is 54.2 Å². The molecule has 106 valence electrons. The Hall–Kier alpha value is -0.940. The Morgan fingerprint density at radius 3 is 3.00 bits per heavy atom. The first-order chi connectivity index (χ1) is 9.30. The van der Waals surface area contributed by atoms with Gasteiger partial charge in [-0.2, -0.15) is 5.10 Å². The molecule has 5 nitrogen and oxygen atoms in total. The van der Waals surface area contributed by atoms with Crippen molar-refractivity contribution in [3.05, 3.63) is 11.6 Å². The molecule has 1 N–H and O–H groups in total. The molecule has 2 aliphatic heterocycles. The summed E-state index contributed by atoms with van der Waals surface area (Å²) in [6.45, 7) is 5.96. The molecule has 2 aliphatic rings. The molecule has 0 bridgehead atoms. The fraction of sp³-hybridized carbons (Fsp3) is 0.857. The Balaban J connectivity index is 1.68. The Morgan fingerprint density at radius 2 is 2.26 bits per heavy atom. The molecule has 3 rings (SSSR count). The number of hydrogen-bond donors (Lipinski definition) is 1. The van der Waals surface area contributed by atoms with Crippen LogP contribution in [0.25, 0.3) is 0 Å². The number of aryl methyl sites for hydroxylation is 1. The van der Waals surface area contributed by atoms with Gasteiger partial charge in [-0.05, 0) is 38.3 Å². The molecule has 0 aromatic carbocycles. The number of aromatic nitrogens is 3. The number of rotatable bonds is 4. The Bertz CT molecular complexity index is 431. The number of likely N-dealkylation sites (tertiary alicyclic amines) is 1. The van der Waals surface area contributed by atoms with Crippen molar-refractivity contribution in [3.8, 4) is 0 Å². The average molecular weight is 264 g/mol. The van der Waals surface area contributed by atoms with Crippen LogP contribution in [0.3, 0.4) is 0 Å². The minimum atomic E-state index is 0.153. The van der Waals surface area contributed by atoms with Crippen LogP contribution in [0.5, 0.6) is 0 Å². The second kappa shape index (κ2) is 5.59. The van der Waals surface area contributed by atoms with Crippen LogP contribution in [0.1, 0.15) is 43.9 Å². The number of nitrogens with zero attached hydrogens (tertiary/aromatic N) is 4. The molecule has 1 aromatic heterocycles. The van der Waals surface area contributed by atoms with Gasteiger partial charge in [0.2, 0.25) is 0 Å². The van der Waals surface area contributed by atoms with Crippen molar-refractivity contribution in [1.29, 1.82) is 0 Å². The van der Waals surface area contributed by atoms with Crippen LogP contribution in [0.4, 0.5) is 0 Å². The van der Waals surface area contributed by atoms with E-state index >= 15 is 0 Å². The van der Waals surface area contributed by atoms with Gasteiger partial charge in [-0.15, -0.1) is 0 Å². The molecule has 2 atom stereocenters. The standard InChI is InChI=1S/C14H24N4O/c1-2-17-7-6-11(9-17)8-13-15-14-5-3-4-12(10-19)18(14)16-13/h11-12,19H,2-10H2,1H3. The predicted molar refractivity (Wildman–Crippen MR) is 73.0 cm³/mol. The van der Waals surface area contributed by atoms with Crippen LogP contribution in [0.2, 0.25) is 0 Å². The van der Waals surface area contributed by atoms with Gasteiger partial charge in [-0.25, -0.2) is 9.67 Å². The molecule has 0 aliphatic carbocycles. The average Bonchev–Trinajstić information content (AvgIpc) is 3.04. The number of hydrogen-bond acceptors (Lipinski definition) is 4. The molecule has 3 heterocycles. The van der Waals surface area contributed by atoms with Crippen LogP contribution >= 0.6 is 0 Å². The van der Waals surface area contributed by atoms with E-state index in [1.807, 2.05) is 4.68 Å². The summed E-state index contributed by atoms with van der Waals surface area (Å²) in [5.74, 6) is 2.76. The van der Waals surface area contributed by atoms with Gasteiger partial charge in [0.15, 0.2) is 5.82 Å². The Morgan fingerprint density at radius 1 is 1.37 bits per heavy atom. The van der Waals surface area contributed by atoms with E-state index in [0.717, 1.165) is 43.9 Å². The molecule has 0 amide bonds. The summed E-state index contributed by atoms with van der Waals surface area (Å²) in [5.41, 5.74) is 0. The number of aliphatic hydroxyl groups excluding tert-OH is 1. The van der Waals surface area contributed by atoms with Crippen molar-refractivity contribution >= 4 is 0 Å². The van der Waals surface area contributed by atoms with Crippen LogP contribution in [0.15, 0.2) is 0 Å². The van der Waals surface area contributed by atoms with Gasteiger partial charge >= 0.3 is 0 Å². The Labute approximate surface area is 114 Å². The highest BCUT2D eigenvalue weighted by Crippen LogP contribution is 2.24. The number of aliphatic hydroxyl groups is 1. The third kappa shape index (κ3) is 2.67. The van der Waals surface area contributed by atoms with Gasteiger partial charge in [0.25, 0.3) is 0 Å². The molecule has 1 saturated heterocycles. The van der Waals surface area contributed by atoms with E-state index < -0.39 is 0 Å². The third-order valence-electron chi connectivity index (χ3n) is 4.53. The maximum atomic E-state index is 9.40. The highest BCUT2D eigenvalue weighted by atomic mass is 16.3. The monoisotopic (exact) mass is 264 g/mol. The van der Waals surface area contributed by atoms with Crippen molar-refractivity contribution in [2.75, 3.05) is 26.2 Å². The largest absolute Gasteiger partial charge is 0.394 e. The van der Waals surface area contributed by atoms with Gasteiger partial charge in [-0.1, -0.05) is 6.92 Å². The van der Waals surface area contributed by atoms with Gasteiger partial charge in [0, 0.05) is 19.4 Å². The zero-order valence-corrected chi connectivity index (χ0v) is 11.8. The van der Waals surface area contributed by atoms with Crippen molar-refractivity contribution in [1.82, 2.24) is 19.7 Å². The smallest absolute Gasteiger partial charge is 0.151 e. The van der Waals surface area contributed by atoms with E-state index in [2.05, 4.69) is 21.9 Å². The van der Waals surface area contributed by atoms with E-state index in [1.165, 1.54) is 19.5 Å². The zero-order valence-electron chi connectivity index (χ0n) is 11.8. The highest BCUT2D eigenvalue weighted by Gasteiger charge is 2.26. The van der Waals surface area contributed by atoms with Crippen molar-refractivity contribution in [2.45, 2.75) is 45.1 Å². The summed E-state index contributed by atoms with van der Waals surface area (Å²) in [4.78, 5) is 7.18. The lowest BCUT2D eigenvalue weighted by atomic mass is 10.0. The fourth-order valence-electron chi connectivity index (χ4n) is 3.37. The lowest BCUT2D eigenvalue weighted by molar-refractivity contribution is 0.194. The molecule has 0 saturated carbocycles. The molecular formula is C14H24N4O. The van der Waals surface area contributed by atoms with E-state index in [-0.39, 0.29) is 12.6 Å². The molecule has 19 heavy (non-hydrogen) atoms. The normalized spacial score (nSPS) is 27.7. The van der Waals surface area contributed by atoms with Crippen LogP contribution < -0.4 is 0 Å². The first-order valence-electron chi connectivity index (χ1n) is 7.57. The lowest BCUT2D eigenvalue weighted by Gasteiger charge is -2.20. The van der Waals surface area contributed by atoms with E-state index in [1.54, 1.807) is 0 Å². The molecule has 1 aromatic rings. The summed E-state index contributed by atoms with van der Waals surface area (Å²) in [5, 5.41) is 14.0. The zero-order chi connectivity index (χ0) is 13.2. The molecule has 0 spiro atoms. The van der Waals surface area contributed by atoms with E-state index in [4.69, 9.17) is 0 Å². The second-order valence-corrected chi connectivity index (χ2v) is 5.87. The summed E-state index contributed by atoms with van der Waals surface area (Å²) < 4.78 is 1.98. The lowest BCUT2D eigenvalue weighted by Crippen LogP contribution is -2.22. The molecule has 2 unspecified atom stereocenters. The van der Waals surface area contributed by atoms with Gasteiger partial charge in [0.1, 0.15) is 5.82 Å². The summed E-state index contributed by atoms with van der Waals surface area (Å²) >= 11 is 0. The minimum Gasteiger partial charge on any atom is -0.394 e. The predicted octanol–water partition coefficient (Wildman–Crippen LogP) is 1.03. The van der Waals surface area contributed by atoms with Gasteiger partial charge in [-0.3, -0.25) is 0 Å².